The van der Waals surface area contributed by atoms with Crippen molar-refractivity contribution in [3.05, 3.63) is 33.8 Å². The second-order valence-electron chi connectivity index (χ2n) is 4.38. The molecular formula is C14H16Cl2O4. The Hall–Kier alpha value is -1.10. The van der Waals surface area contributed by atoms with Crippen LogP contribution in [0.2, 0.25) is 10.0 Å². The van der Waals surface area contributed by atoms with Gasteiger partial charge in [0.2, 0.25) is 0 Å². The first kappa shape index (κ1) is 17.0. The topological polar surface area (TPSA) is 63.6 Å². The van der Waals surface area contributed by atoms with Crippen molar-refractivity contribution in [1.82, 2.24) is 0 Å². The van der Waals surface area contributed by atoms with Crippen LogP contribution in [0.5, 0.6) is 0 Å². The van der Waals surface area contributed by atoms with Gasteiger partial charge in [-0.15, -0.1) is 0 Å². The van der Waals surface area contributed by atoms with Gasteiger partial charge in [-0.2, -0.15) is 0 Å². The highest BCUT2D eigenvalue weighted by atomic mass is 35.5. The maximum atomic E-state index is 11.7. The first-order chi connectivity index (χ1) is 9.34. The zero-order valence-electron chi connectivity index (χ0n) is 11.3. The number of ether oxygens (including phenoxy) is 1. The number of hydrogen-bond donors (Lipinski definition) is 1. The van der Waals surface area contributed by atoms with Gasteiger partial charge in [0, 0.05) is 15.6 Å². The van der Waals surface area contributed by atoms with Gasteiger partial charge in [0.05, 0.1) is 6.42 Å². The maximum Gasteiger partial charge on any atom is 0.345 e. The zero-order chi connectivity index (χ0) is 15.3. The first-order valence-corrected chi connectivity index (χ1v) is 7.00. The minimum atomic E-state index is -1.64. The lowest BCUT2D eigenvalue weighted by Crippen LogP contribution is -2.40. The summed E-state index contributed by atoms with van der Waals surface area (Å²) in [5.74, 6) is -1.75. The van der Waals surface area contributed by atoms with Crippen LogP contribution < -0.4 is 0 Å². The largest absolute Gasteiger partial charge is 0.391 e. The van der Waals surface area contributed by atoms with Crippen LogP contribution in [0.1, 0.15) is 32.3 Å². The number of carbonyl (C=O) groups excluding carboxylic acids is 2. The molecule has 0 aliphatic carbocycles. The van der Waals surface area contributed by atoms with Crippen molar-refractivity contribution in [1.29, 1.82) is 0 Å². The van der Waals surface area contributed by atoms with Crippen LogP contribution in [-0.2, 0) is 20.7 Å². The van der Waals surface area contributed by atoms with Gasteiger partial charge in [-0.3, -0.25) is 4.79 Å². The standard InChI is InChI=1S/C14H16Cl2O4/c1-3-14(19,4-2)13(18)20-12(17)8-9-10(15)6-5-7-11(9)16/h5-7,19H,3-4,8H2,1-2H3. The minimum absolute atomic E-state index is 0.169. The Morgan fingerprint density at radius 1 is 1.20 bits per heavy atom. The molecule has 1 aromatic rings. The molecule has 1 aromatic carbocycles. The van der Waals surface area contributed by atoms with Crippen molar-refractivity contribution in [3.8, 4) is 0 Å². The van der Waals surface area contributed by atoms with Crippen LogP contribution in [0.4, 0.5) is 0 Å². The molecule has 0 aliphatic rings. The average molecular weight is 319 g/mol. The summed E-state index contributed by atoms with van der Waals surface area (Å²) >= 11 is 11.9. The molecule has 0 fully saturated rings. The van der Waals surface area contributed by atoms with Crippen LogP contribution >= 0.6 is 23.2 Å². The van der Waals surface area contributed by atoms with E-state index in [0.29, 0.717) is 15.6 Å². The van der Waals surface area contributed by atoms with Crippen LogP contribution in [0.3, 0.4) is 0 Å². The molecule has 0 atom stereocenters. The molecule has 0 saturated heterocycles. The van der Waals surface area contributed by atoms with E-state index in [1.807, 2.05) is 0 Å². The number of carbonyl (C=O) groups is 2. The van der Waals surface area contributed by atoms with E-state index in [1.54, 1.807) is 32.0 Å². The fraction of sp³-hybridized carbons (Fsp3) is 0.429. The average Bonchev–Trinajstić information content (AvgIpc) is 2.42. The third kappa shape index (κ3) is 3.95. The molecule has 0 heterocycles. The van der Waals surface area contributed by atoms with Crippen molar-refractivity contribution in [3.63, 3.8) is 0 Å². The highest BCUT2D eigenvalue weighted by Gasteiger charge is 2.35. The van der Waals surface area contributed by atoms with E-state index in [2.05, 4.69) is 4.74 Å². The lowest BCUT2D eigenvalue weighted by atomic mass is 9.98. The Morgan fingerprint density at radius 3 is 2.15 bits per heavy atom. The molecular weight excluding hydrogens is 303 g/mol. The van der Waals surface area contributed by atoms with E-state index >= 15 is 0 Å². The van der Waals surface area contributed by atoms with E-state index < -0.39 is 17.5 Å². The molecule has 0 saturated carbocycles. The third-order valence-corrected chi connectivity index (χ3v) is 3.85. The fourth-order valence-electron chi connectivity index (χ4n) is 1.62. The maximum absolute atomic E-state index is 11.7. The molecule has 0 radical (unpaired) electrons. The highest BCUT2D eigenvalue weighted by Crippen LogP contribution is 2.25. The van der Waals surface area contributed by atoms with Gasteiger partial charge in [-0.05, 0) is 25.0 Å². The molecule has 1 rings (SSSR count). The Labute approximate surface area is 127 Å². The summed E-state index contributed by atoms with van der Waals surface area (Å²) in [5.41, 5.74) is -1.25. The number of benzene rings is 1. The SMILES string of the molecule is CCC(O)(CC)C(=O)OC(=O)Cc1c(Cl)cccc1Cl. The van der Waals surface area contributed by atoms with Crippen LogP contribution in [0, 0.1) is 0 Å². The van der Waals surface area contributed by atoms with Crippen LogP contribution in [0.25, 0.3) is 0 Å². The van der Waals surface area contributed by atoms with E-state index in [4.69, 9.17) is 23.2 Å². The van der Waals surface area contributed by atoms with E-state index in [1.165, 1.54) is 0 Å². The molecule has 0 amide bonds. The number of halogens is 2. The number of rotatable bonds is 5. The van der Waals surface area contributed by atoms with Crippen molar-refractivity contribution in [2.75, 3.05) is 0 Å². The van der Waals surface area contributed by atoms with E-state index in [-0.39, 0.29) is 19.3 Å². The van der Waals surface area contributed by atoms with Crippen LogP contribution in [0.15, 0.2) is 18.2 Å². The van der Waals surface area contributed by atoms with Gasteiger partial charge in [0.25, 0.3) is 0 Å². The van der Waals surface area contributed by atoms with Crippen molar-refractivity contribution < 1.29 is 19.4 Å². The van der Waals surface area contributed by atoms with E-state index in [0.717, 1.165) is 0 Å². The number of hydrogen-bond acceptors (Lipinski definition) is 4. The Kier molecular flexibility index (Phi) is 5.99. The molecule has 0 aliphatic heterocycles. The van der Waals surface area contributed by atoms with Crippen molar-refractivity contribution in [2.45, 2.75) is 38.7 Å². The summed E-state index contributed by atoms with van der Waals surface area (Å²) in [6, 6.07) is 4.83. The Morgan fingerprint density at radius 2 is 1.70 bits per heavy atom. The molecule has 1 N–H and O–H groups in total. The number of esters is 2. The molecule has 0 spiro atoms. The lowest BCUT2D eigenvalue weighted by molar-refractivity contribution is -0.174. The summed E-state index contributed by atoms with van der Waals surface area (Å²) in [5, 5.41) is 10.6. The second-order valence-corrected chi connectivity index (χ2v) is 5.19. The van der Waals surface area contributed by atoms with Gasteiger partial charge in [0.1, 0.15) is 0 Å². The smallest absolute Gasteiger partial charge is 0.345 e. The summed E-state index contributed by atoms with van der Waals surface area (Å²) in [7, 11) is 0. The predicted molar refractivity (Wildman–Crippen MR) is 76.8 cm³/mol. The second kappa shape index (κ2) is 7.07. The van der Waals surface area contributed by atoms with Crippen molar-refractivity contribution in [2.24, 2.45) is 0 Å². The number of aliphatic hydroxyl groups is 1. The molecule has 20 heavy (non-hydrogen) atoms. The van der Waals surface area contributed by atoms with Gasteiger partial charge in [-0.1, -0.05) is 43.1 Å². The normalized spacial score (nSPS) is 11.2. The van der Waals surface area contributed by atoms with Crippen molar-refractivity contribution >= 4 is 35.1 Å². The Bertz CT molecular complexity index is 490. The highest BCUT2D eigenvalue weighted by molar-refractivity contribution is 6.36. The van der Waals surface area contributed by atoms with Gasteiger partial charge >= 0.3 is 11.9 Å². The van der Waals surface area contributed by atoms with Gasteiger partial charge in [-0.25, -0.2) is 4.79 Å². The fourth-order valence-corrected chi connectivity index (χ4v) is 2.15. The minimum Gasteiger partial charge on any atom is -0.391 e. The summed E-state index contributed by atoms with van der Waals surface area (Å²) in [4.78, 5) is 23.5. The Balaban J connectivity index is 2.76. The lowest BCUT2D eigenvalue weighted by Gasteiger charge is -2.21. The molecule has 0 aromatic heterocycles. The van der Waals surface area contributed by atoms with Gasteiger partial charge < -0.3 is 9.84 Å². The quantitative estimate of drug-likeness (QED) is 0.669. The zero-order valence-corrected chi connectivity index (χ0v) is 12.8. The predicted octanol–water partition coefficient (Wildman–Crippen LogP) is 3.16. The summed E-state index contributed by atoms with van der Waals surface area (Å²) in [6.07, 6.45) is 0.110. The first-order valence-electron chi connectivity index (χ1n) is 6.24. The molecule has 110 valence electrons. The molecule has 4 nitrogen and oxygen atoms in total. The monoisotopic (exact) mass is 318 g/mol. The summed E-state index contributed by atoms with van der Waals surface area (Å²) < 4.78 is 4.67. The third-order valence-electron chi connectivity index (χ3n) is 3.14. The van der Waals surface area contributed by atoms with Gasteiger partial charge in [0.15, 0.2) is 5.60 Å². The van der Waals surface area contributed by atoms with Crippen LogP contribution in [-0.4, -0.2) is 22.6 Å². The summed E-state index contributed by atoms with van der Waals surface area (Å²) in [6.45, 7) is 3.28. The molecule has 0 bridgehead atoms. The molecule has 0 unspecified atom stereocenters. The van der Waals surface area contributed by atoms with E-state index in [9.17, 15) is 14.7 Å². The molecule has 6 heteroatoms.